The Morgan fingerprint density at radius 2 is 2.17 bits per heavy atom. The van der Waals surface area contributed by atoms with Crippen molar-refractivity contribution in [3.8, 4) is 10.6 Å². The quantitative estimate of drug-likeness (QED) is 0.852. The Labute approximate surface area is 146 Å². The molecular formula is C18H23N3O2S. The number of carbonyl (C=O) groups excluding carboxylic acids is 1. The Bertz CT molecular complexity index is 697. The fourth-order valence-electron chi connectivity index (χ4n) is 4.20. The van der Waals surface area contributed by atoms with E-state index in [1.807, 2.05) is 11.4 Å². The van der Waals surface area contributed by atoms with Crippen LogP contribution in [0.15, 0.2) is 28.1 Å². The highest BCUT2D eigenvalue weighted by Crippen LogP contribution is 2.32. The van der Waals surface area contributed by atoms with Gasteiger partial charge in [0.2, 0.25) is 5.91 Å². The first kappa shape index (κ1) is 15.8. The van der Waals surface area contributed by atoms with Crippen molar-refractivity contribution in [2.75, 3.05) is 13.1 Å². The average Bonchev–Trinajstić information content (AvgIpc) is 3.35. The molecule has 24 heavy (non-hydrogen) atoms. The van der Waals surface area contributed by atoms with Gasteiger partial charge in [-0.25, -0.2) is 0 Å². The van der Waals surface area contributed by atoms with Gasteiger partial charge >= 0.3 is 0 Å². The van der Waals surface area contributed by atoms with Crippen molar-refractivity contribution in [3.63, 3.8) is 0 Å². The number of aromatic nitrogens is 1. The summed E-state index contributed by atoms with van der Waals surface area (Å²) in [6.45, 7) is 4.50. The van der Waals surface area contributed by atoms with Crippen LogP contribution in [0.3, 0.4) is 0 Å². The molecule has 4 heterocycles. The molecule has 0 saturated carbocycles. The van der Waals surface area contributed by atoms with Gasteiger partial charge in [-0.2, -0.15) is 0 Å². The number of hydrogen-bond acceptors (Lipinski definition) is 5. The van der Waals surface area contributed by atoms with E-state index in [9.17, 15) is 4.79 Å². The molecule has 2 fully saturated rings. The number of likely N-dealkylation sites (tertiary alicyclic amines) is 2. The molecule has 1 amide bonds. The Kier molecular flexibility index (Phi) is 4.41. The molecule has 2 aliphatic heterocycles. The molecule has 0 aliphatic carbocycles. The van der Waals surface area contributed by atoms with Crippen molar-refractivity contribution < 1.29 is 9.32 Å². The summed E-state index contributed by atoms with van der Waals surface area (Å²) < 4.78 is 5.51. The lowest BCUT2D eigenvalue weighted by Crippen LogP contribution is -2.47. The number of thiophene rings is 1. The van der Waals surface area contributed by atoms with Crippen LogP contribution in [0.5, 0.6) is 0 Å². The van der Waals surface area contributed by atoms with Crippen molar-refractivity contribution in [2.24, 2.45) is 0 Å². The Balaban J connectivity index is 1.47. The maximum Gasteiger partial charge on any atom is 0.219 e. The molecule has 5 nitrogen and oxygen atoms in total. The monoisotopic (exact) mass is 345 g/mol. The molecule has 2 atom stereocenters. The molecule has 0 aromatic carbocycles. The van der Waals surface area contributed by atoms with Crippen LogP contribution in [0.4, 0.5) is 0 Å². The molecule has 2 saturated heterocycles. The highest BCUT2D eigenvalue weighted by Gasteiger charge is 2.38. The Morgan fingerprint density at radius 1 is 1.33 bits per heavy atom. The Morgan fingerprint density at radius 3 is 2.96 bits per heavy atom. The first-order valence-electron chi connectivity index (χ1n) is 8.73. The van der Waals surface area contributed by atoms with Gasteiger partial charge in [-0.05, 0) is 43.7 Å². The topological polar surface area (TPSA) is 49.6 Å². The molecule has 0 radical (unpaired) electrons. The molecule has 2 aromatic heterocycles. The largest absolute Gasteiger partial charge is 0.355 e. The number of nitrogens with zero attached hydrogens (tertiary/aromatic N) is 3. The molecule has 0 spiro atoms. The number of hydrogen-bond donors (Lipinski definition) is 0. The molecule has 4 rings (SSSR count). The summed E-state index contributed by atoms with van der Waals surface area (Å²) in [4.78, 5) is 17.6. The van der Waals surface area contributed by atoms with Crippen LogP contribution in [0.25, 0.3) is 10.6 Å². The maximum absolute atomic E-state index is 11.9. The van der Waals surface area contributed by atoms with Crippen LogP contribution >= 0.6 is 11.3 Å². The van der Waals surface area contributed by atoms with Gasteiger partial charge in [0.15, 0.2) is 5.76 Å². The average molecular weight is 345 g/mol. The van der Waals surface area contributed by atoms with Gasteiger partial charge in [0, 0.05) is 38.2 Å². The summed E-state index contributed by atoms with van der Waals surface area (Å²) in [5.41, 5.74) is 0.984. The summed E-state index contributed by atoms with van der Waals surface area (Å²) in [5.74, 6) is 1.06. The van der Waals surface area contributed by atoms with Gasteiger partial charge in [0.25, 0.3) is 0 Å². The predicted molar refractivity (Wildman–Crippen MR) is 93.7 cm³/mol. The van der Waals surface area contributed by atoms with Crippen LogP contribution in [-0.4, -0.2) is 46.0 Å². The summed E-state index contributed by atoms with van der Waals surface area (Å²) in [5, 5.41) is 6.31. The highest BCUT2D eigenvalue weighted by molar-refractivity contribution is 7.13. The zero-order chi connectivity index (χ0) is 16.5. The van der Waals surface area contributed by atoms with Gasteiger partial charge in [-0.3, -0.25) is 9.69 Å². The molecule has 0 N–H and O–H groups in total. The van der Waals surface area contributed by atoms with E-state index in [0.29, 0.717) is 12.1 Å². The summed E-state index contributed by atoms with van der Waals surface area (Å²) >= 11 is 1.67. The summed E-state index contributed by atoms with van der Waals surface area (Å²) in [6.07, 6.45) is 4.62. The smallest absolute Gasteiger partial charge is 0.219 e. The third kappa shape index (κ3) is 3.00. The standard InChI is InChI=1S/C18H23N3O2S/c1-13(22)21-9-3-6-16(21)15-5-2-8-20(15)12-14-11-17(23-19-14)18-7-4-10-24-18/h4,7,10-11,15-16H,2-3,5-6,8-9,12H2,1H3/t15-,16+/m1/s1. The number of amides is 1. The van der Waals surface area contributed by atoms with Gasteiger partial charge < -0.3 is 9.42 Å². The minimum atomic E-state index is 0.214. The zero-order valence-electron chi connectivity index (χ0n) is 14.0. The second kappa shape index (κ2) is 6.69. The second-order valence-corrected chi connectivity index (χ2v) is 7.71. The van der Waals surface area contributed by atoms with E-state index < -0.39 is 0 Å². The molecule has 6 heteroatoms. The molecule has 2 aliphatic rings. The molecule has 128 valence electrons. The second-order valence-electron chi connectivity index (χ2n) is 6.76. The molecule has 0 unspecified atom stereocenters. The maximum atomic E-state index is 11.9. The lowest BCUT2D eigenvalue weighted by Gasteiger charge is -2.34. The van der Waals surface area contributed by atoms with Gasteiger partial charge in [0.1, 0.15) is 0 Å². The van der Waals surface area contributed by atoms with Gasteiger partial charge in [-0.1, -0.05) is 11.2 Å². The molecule has 2 aromatic rings. The van der Waals surface area contributed by atoms with Crippen LogP contribution < -0.4 is 0 Å². The van der Waals surface area contributed by atoms with Crippen LogP contribution in [0.2, 0.25) is 0 Å². The zero-order valence-corrected chi connectivity index (χ0v) is 14.8. The van der Waals surface area contributed by atoms with E-state index in [4.69, 9.17) is 4.52 Å². The summed E-state index contributed by atoms with van der Waals surface area (Å²) in [6, 6.07) is 6.96. The fraction of sp³-hybridized carbons (Fsp3) is 0.556. The van der Waals surface area contributed by atoms with Crippen molar-refractivity contribution >= 4 is 17.2 Å². The number of carbonyl (C=O) groups is 1. The van der Waals surface area contributed by atoms with E-state index in [0.717, 1.165) is 48.8 Å². The Hall–Kier alpha value is -1.66. The van der Waals surface area contributed by atoms with Crippen molar-refractivity contribution in [2.45, 2.75) is 51.2 Å². The highest BCUT2D eigenvalue weighted by atomic mass is 32.1. The molecule has 0 bridgehead atoms. The molecular weight excluding hydrogens is 322 g/mol. The first-order chi connectivity index (χ1) is 11.7. The van der Waals surface area contributed by atoms with Crippen LogP contribution in [0, 0.1) is 0 Å². The van der Waals surface area contributed by atoms with E-state index in [-0.39, 0.29) is 5.91 Å². The minimum absolute atomic E-state index is 0.214. The van der Waals surface area contributed by atoms with E-state index in [1.165, 1.54) is 12.8 Å². The van der Waals surface area contributed by atoms with Gasteiger partial charge in [0.05, 0.1) is 10.6 Å². The predicted octanol–water partition coefficient (Wildman–Crippen LogP) is 3.38. The van der Waals surface area contributed by atoms with Crippen molar-refractivity contribution in [1.29, 1.82) is 0 Å². The third-order valence-corrected chi connectivity index (χ3v) is 6.13. The normalized spacial score (nSPS) is 24.8. The number of rotatable bonds is 4. The first-order valence-corrected chi connectivity index (χ1v) is 9.61. The van der Waals surface area contributed by atoms with E-state index in [2.05, 4.69) is 27.1 Å². The lowest BCUT2D eigenvalue weighted by molar-refractivity contribution is -0.130. The van der Waals surface area contributed by atoms with Crippen LogP contribution in [0.1, 0.15) is 38.3 Å². The SMILES string of the molecule is CC(=O)N1CCC[C@H]1[C@H]1CCCN1Cc1cc(-c2cccs2)on1. The van der Waals surface area contributed by atoms with E-state index >= 15 is 0 Å². The van der Waals surface area contributed by atoms with Gasteiger partial charge in [-0.15, -0.1) is 11.3 Å². The lowest BCUT2D eigenvalue weighted by atomic mass is 10.0. The summed E-state index contributed by atoms with van der Waals surface area (Å²) in [7, 11) is 0. The van der Waals surface area contributed by atoms with Crippen molar-refractivity contribution in [1.82, 2.24) is 15.0 Å². The fourth-order valence-corrected chi connectivity index (χ4v) is 4.87. The van der Waals surface area contributed by atoms with Crippen LogP contribution in [-0.2, 0) is 11.3 Å². The minimum Gasteiger partial charge on any atom is -0.355 e. The van der Waals surface area contributed by atoms with Crippen molar-refractivity contribution in [3.05, 3.63) is 29.3 Å². The van der Waals surface area contributed by atoms with E-state index in [1.54, 1.807) is 18.3 Å². The third-order valence-electron chi connectivity index (χ3n) is 5.25.